The molecule has 4 heteroatoms. The molecule has 96 valence electrons. The highest BCUT2D eigenvalue weighted by Crippen LogP contribution is 2.18. The van der Waals surface area contributed by atoms with Crippen molar-refractivity contribution in [3.63, 3.8) is 0 Å². The largest absolute Gasteiger partial charge is 0.496 e. The van der Waals surface area contributed by atoms with Crippen LogP contribution >= 0.6 is 0 Å². The van der Waals surface area contributed by atoms with Crippen LogP contribution in [0.3, 0.4) is 0 Å². The Morgan fingerprint density at radius 1 is 1.26 bits per heavy atom. The third-order valence-electron chi connectivity index (χ3n) is 2.80. The minimum absolute atomic E-state index is 0.425. The van der Waals surface area contributed by atoms with Gasteiger partial charge in [-0.3, -0.25) is 10.3 Å². The lowest BCUT2D eigenvalue weighted by Crippen LogP contribution is -2.20. The molecule has 0 saturated carbocycles. The summed E-state index contributed by atoms with van der Waals surface area (Å²) in [6.07, 6.45) is 1.68. The van der Waals surface area contributed by atoms with Gasteiger partial charge < -0.3 is 4.74 Å². The summed E-state index contributed by atoms with van der Waals surface area (Å²) < 4.78 is 5.28. The average molecular weight is 253 g/mol. The second-order valence-electron chi connectivity index (χ2n) is 4.01. The first-order chi connectivity index (χ1) is 9.35. The lowest BCUT2D eigenvalue weighted by atomic mass is 10.1. The van der Waals surface area contributed by atoms with Gasteiger partial charge >= 0.3 is 0 Å². The molecule has 0 aliphatic rings. The van der Waals surface area contributed by atoms with E-state index in [1.807, 2.05) is 42.5 Å². The van der Waals surface area contributed by atoms with E-state index in [1.54, 1.807) is 13.3 Å². The number of nitrogens with zero attached hydrogens (tertiary/aromatic N) is 2. The Hall–Kier alpha value is -2.38. The molecule has 0 aliphatic carbocycles. The molecule has 1 N–H and O–H groups in total. The third kappa shape index (κ3) is 3.30. The normalized spacial score (nSPS) is 11.6. The molecule has 1 atom stereocenters. The van der Waals surface area contributed by atoms with Crippen LogP contribution in [-0.4, -0.2) is 12.1 Å². The third-order valence-corrected chi connectivity index (χ3v) is 2.80. The Morgan fingerprint density at radius 2 is 2.05 bits per heavy atom. The maximum atomic E-state index is 9.20. The standard InChI is InChI=1S/C15H15N3O/c1-19-15-8-3-2-6-12(15)11-18-14(10-16)13-7-4-5-9-17-13/h2-9,14,18H,11H2,1H3. The van der Waals surface area contributed by atoms with Gasteiger partial charge in [-0.25, -0.2) is 0 Å². The van der Waals surface area contributed by atoms with Crippen LogP contribution in [0.1, 0.15) is 17.3 Å². The molecule has 0 aliphatic heterocycles. The SMILES string of the molecule is COc1ccccc1CNC(C#N)c1ccccn1. The quantitative estimate of drug-likeness (QED) is 0.889. The monoisotopic (exact) mass is 253 g/mol. The maximum Gasteiger partial charge on any atom is 0.138 e. The lowest BCUT2D eigenvalue weighted by Gasteiger charge is -2.13. The number of rotatable bonds is 5. The molecule has 2 aromatic rings. The zero-order valence-electron chi connectivity index (χ0n) is 10.7. The van der Waals surface area contributed by atoms with Crippen molar-refractivity contribution in [1.29, 1.82) is 5.26 Å². The van der Waals surface area contributed by atoms with Crippen molar-refractivity contribution in [3.8, 4) is 11.8 Å². The first-order valence-corrected chi connectivity index (χ1v) is 6.01. The number of nitriles is 1. The second kappa shape index (κ2) is 6.53. The summed E-state index contributed by atoms with van der Waals surface area (Å²) in [5, 5.41) is 12.4. The van der Waals surface area contributed by atoms with E-state index in [2.05, 4.69) is 16.4 Å². The predicted octanol–water partition coefficient (Wildman–Crippen LogP) is 2.44. The second-order valence-corrected chi connectivity index (χ2v) is 4.01. The van der Waals surface area contributed by atoms with E-state index in [1.165, 1.54) is 0 Å². The molecular weight excluding hydrogens is 238 g/mol. The van der Waals surface area contributed by atoms with Crippen LogP contribution in [0.2, 0.25) is 0 Å². The fourth-order valence-corrected chi connectivity index (χ4v) is 1.82. The highest BCUT2D eigenvalue weighted by molar-refractivity contribution is 5.33. The summed E-state index contributed by atoms with van der Waals surface area (Å²) in [7, 11) is 1.64. The Morgan fingerprint density at radius 3 is 2.74 bits per heavy atom. The predicted molar refractivity (Wildman–Crippen MR) is 72.4 cm³/mol. The summed E-state index contributed by atoms with van der Waals surface area (Å²) in [4.78, 5) is 4.19. The summed E-state index contributed by atoms with van der Waals surface area (Å²) >= 11 is 0. The molecule has 0 radical (unpaired) electrons. The van der Waals surface area contributed by atoms with E-state index in [0.29, 0.717) is 6.54 Å². The number of hydrogen-bond acceptors (Lipinski definition) is 4. The lowest BCUT2D eigenvalue weighted by molar-refractivity contribution is 0.407. The molecule has 2 rings (SSSR count). The van der Waals surface area contributed by atoms with E-state index >= 15 is 0 Å². The highest BCUT2D eigenvalue weighted by Gasteiger charge is 2.11. The fraction of sp³-hybridized carbons (Fsp3) is 0.200. The van der Waals surface area contributed by atoms with Crippen molar-refractivity contribution in [2.45, 2.75) is 12.6 Å². The van der Waals surface area contributed by atoms with Crippen molar-refractivity contribution < 1.29 is 4.74 Å². The smallest absolute Gasteiger partial charge is 0.138 e. The van der Waals surface area contributed by atoms with Gasteiger partial charge in [0.25, 0.3) is 0 Å². The van der Waals surface area contributed by atoms with Gasteiger partial charge in [0, 0.05) is 18.3 Å². The van der Waals surface area contributed by atoms with Crippen LogP contribution in [0.25, 0.3) is 0 Å². The van der Waals surface area contributed by atoms with Crippen LogP contribution in [0.4, 0.5) is 0 Å². The first kappa shape index (κ1) is 13.1. The average Bonchev–Trinajstić information content (AvgIpc) is 2.49. The van der Waals surface area contributed by atoms with Crippen LogP contribution in [-0.2, 0) is 6.54 Å². The van der Waals surface area contributed by atoms with Crippen molar-refractivity contribution in [3.05, 3.63) is 59.9 Å². The van der Waals surface area contributed by atoms with Gasteiger partial charge in [0.15, 0.2) is 0 Å². The molecular formula is C15H15N3O. The molecule has 0 fully saturated rings. The van der Waals surface area contributed by atoms with Crippen molar-refractivity contribution in [2.24, 2.45) is 0 Å². The molecule has 1 aromatic carbocycles. The molecule has 0 amide bonds. The number of methoxy groups -OCH3 is 1. The number of ether oxygens (including phenoxy) is 1. The molecule has 1 heterocycles. The van der Waals surface area contributed by atoms with Crippen molar-refractivity contribution in [1.82, 2.24) is 10.3 Å². The Balaban J connectivity index is 2.07. The van der Waals surface area contributed by atoms with E-state index in [-0.39, 0.29) is 0 Å². The van der Waals surface area contributed by atoms with E-state index in [0.717, 1.165) is 17.0 Å². The van der Waals surface area contributed by atoms with Gasteiger partial charge in [-0.05, 0) is 18.2 Å². The maximum absolute atomic E-state index is 9.20. The van der Waals surface area contributed by atoms with Gasteiger partial charge in [0.2, 0.25) is 0 Å². The van der Waals surface area contributed by atoms with Gasteiger partial charge in [0.1, 0.15) is 11.8 Å². The number of hydrogen-bond donors (Lipinski definition) is 1. The summed E-state index contributed by atoms with van der Waals surface area (Å²) in [6, 6.07) is 15.1. The molecule has 0 spiro atoms. The topological polar surface area (TPSA) is 57.9 Å². The number of aromatic nitrogens is 1. The van der Waals surface area contributed by atoms with E-state index in [4.69, 9.17) is 4.74 Å². The molecule has 4 nitrogen and oxygen atoms in total. The molecule has 1 unspecified atom stereocenters. The van der Waals surface area contributed by atoms with Crippen LogP contribution in [0, 0.1) is 11.3 Å². The molecule has 19 heavy (non-hydrogen) atoms. The van der Waals surface area contributed by atoms with Gasteiger partial charge in [-0.15, -0.1) is 0 Å². The van der Waals surface area contributed by atoms with Gasteiger partial charge in [-0.1, -0.05) is 24.3 Å². The van der Waals surface area contributed by atoms with Crippen LogP contribution < -0.4 is 10.1 Å². The highest BCUT2D eigenvalue weighted by atomic mass is 16.5. The molecule has 1 aromatic heterocycles. The molecule has 0 saturated heterocycles. The number of pyridine rings is 1. The number of para-hydroxylation sites is 1. The Bertz CT molecular complexity index is 563. The van der Waals surface area contributed by atoms with Crippen molar-refractivity contribution >= 4 is 0 Å². The Kier molecular flexibility index (Phi) is 4.49. The number of nitrogens with one attached hydrogen (secondary N) is 1. The molecule has 0 bridgehead atoms. The van der Waals surface area contributed by atoms with E-state index < -0.39 is 6.04 Å². The Labute approximate surface area is 112 Å². The van der Waals surface area contributed by atoms with Gasteiger partial charge in [-0.2, -0.15) is 5.26 Å². The summed E-state index contributed by atoms with van der Waals surface area (Å²) in [5.74, 6) is 0.813. The zero-order valence-corrected chi connectivity index (χ0v) is 10.7. The fourth-order valence-electron chi connectivity index (χ4n) is 1.82. The van der Waals surface area contributed by atoms with E-state index in [9.17, 15) is 5.26 Å². The minimum Gasteiger partial charge on any atom is -0.496 e. The first-order valence-electron chi connectivity index (χ1n) is 6.01. The zero-order chi connectivity index (χ0) is 13.5. The summed E-state index contributed by atoms with van der Waals surface area (Å²) in [5.41, 5.74) is 1.74. The van der Waals surface area contributed by atoms with Crippen LogP contribution in [0.15, 0.2) is 48.7 Å². The van der Waals surface area contributed by atoms with Gasteiger partial charge in [0.05, 0.1) is 18.9 Å². The summed E-state index contributed by atoms with van der Waals surface area (Å²) in [6.45, 7) is 0.554. The minimum atomic E-state index is -0.425. The van der Waals surface area contributed by atoms with Crippen LogP contribution in [0.5, 0.6) is 5.75 Å². The van der Waals surface area contributed by atoms with Crippen molar-refractivity contribution in [2.75, 3.05) is 7.11 Å². The number of benzene rings is 1.